The van der Waals surface area contributed by atoms with E-state index in [-0.39, 0.29) is 17.7 Å². The fourth-order valence-electron chi connectivity index (χ4n) is 2.42. The Kier molecular flexibility index (Phi) is 6.89. The number of halogens is 3. The Balaban J connectivity index is 1.78. The van der Waals surface area contributed by atoms with E-state index in [1.165, 1.54) is 0 Å². The number of hydrogen-bond acceptors (Lipinski definition) is 4. The normalized spacial score (nSPS) is 15.2. The van der Waals surface area contributed by atoms with Gasteiger partial charge >= 0.3 is 0 Å². The highest BCUT2D eigenvalue weighted by Gasteiger charge is 2.34. The summed E-state index contributed by atoms with van der Waals surface area (Å²) in [6, 6.07) is 11.0. The minimum atomic E-state index is -0.386. The van der Waals surface area contributed by atoms with Crippen molar-refractivity contribution in [1.29, 1.82) is 0 Å². The monoisotopic (exact) mass is 539 g/mol. The number of benzene rings is 2. The summed E-state index contributed by atoms with van der Waals surface area (Å²) in [4.78, 5) is 25.6. The third-order valence-electron chi connectivity index (χ3n) is 3.74. The molecule has 2 aromatic rings. The number of carbonyl (C=O) groups excluding carboxylic acids is 2. The minimum absolute atomic E-state index is 0.0348. The van der Waals surface area contributed by atoms with Gasteiger partial charge in [-0.2, -0.15) is 0 Å². The molecule has 3 rings (SSSR count). The van der Waals surface area contributed by atoms with E-state index in [9.17, 15) is 9.59 Å². The fourth-order valence-corrected chi connectivity index (χ4v) is 4.83. The molecule has 0 unspecified atom stereocenters. The lowest BCUT2D eigenvalue weighted by molar-refractivity contribution is -0.122. The van der Waals surface area contributed by atoms with Gasteiger partial charge < -0.3 is 4.74 Å². The quantitative estimate of drug-likeness (QED) is 0.338. The highest BCUT2D eigenvalue weighted by Crippen LogP contribution is 2.38. The number of amides is 2. The number of ether oxygens (including phenoxy) is 1. The summed E-state index contributed by atoms with van der Waals surface area (Å²) in [5.41, 5.74) is 1.72. The summed E-state index contributed by atoms with van der Waals surface area (Å²) in [7, 11) is 0. The molecular weight excluding hydrogens is 530 g/mol. The molecule has 8 heteroatoms. The third kappa shape index (κ3) is 4.81. The van der Waals surface area contributed by atoms with Crippen molar-refractivity contribution in [3.05, 3.63) is 66.4 Å². The minimum Gasteiger partial charge on any atom is -0.487 e. The Morgan fingerprint density at radius 3 is 2.43 bits per heavy atom. The number of thioether (sulfide) groups is 1. The van der Waals surface area contributed by atoms with Gasteiger partial charge in [0.05, 0.1) is 20.4 Å². The molecule has 1 heterocycles. The molecule has 142 valence electrons. The van der Waals surface area contributed by atoms with Gasteiger partial charge in [-0.15, -0.1) is 6.42 Å². The van der Waals surface area contributed by atoms with Crippen molar-refractivity contribution in [2.24, 2.45) is 0 Å². The molecular formula is C20H12Br2ClNO3S. The third-order valence-corrected chi connectivity index (χ3v) is 6.08. The molecule has 1 fully saturated rings. The molecule has 1 aliphatic heterocycles. The molecule has 0 aromatic heterocycles. The number of terminal acetylenes is 1. The molecule has 1 aliphatic rings. The maximum Gasteiger partial charge on any atom is 0.294 e. The van der Waals surface area contributed by atoms with Crippen LogP contribution in [-0.2, 0) is 11.4 Å². The van der Waals surface area contributed by atoms with Crippen LogP contribution in [0, 0.1) is 12.3 Å². The Bertz CT molecular complexity index is 992. The zero-order valence-electron chi connectivity index (χ0n) is 14.2. The van der Waals surface area contributed by atoms with Crippen LogP contribution in [0.3, 0.4) is 0 Å². The molecule has 0 N–H and O–H groups in total. The van der Waals surface area contributed by atoms with Gasteiger partial charge in [0.2, 0.25) is 0 Å². The molecule has 0 atom stereocenters. The lowest BCUT2D eigenvalue weighted by Gasteiger charge is -2.12. The highest BCUT2D eigenvalue weighted by atomic mass is 79.9. The summed E-state index contributed by atoms with van der Waals surface area (Å²) in [5, 5.41) is 0.303. The number of carbonyl (C=O) groups is 2. The predicted molar refractivity (Wildman–Crippen MR) is 119 cm³/mol. The van der Waals surface area contributed by atoms with E-state index in [0.717, 1.165) is 27.8 Å². The topological polar surface area (TPSA) is 46.6 Å². The van der Waals surface area contributed by atoms with Crippen LogP contribution in [0.15, 0.2) is 50.2 Å². The van der Waals surface area contributed by atoms with Crippen LogP contribution in [0.4, 0.5) is 4.79 Å². The van der Waals surface area contributed by atoms with E-state index in [1.54, 1.807) is 18.2 Å². The van der Waals surface area contributed by atoms with Gasteiger partial charge in [-0.05, 0) is 85.1 Å². The molecule has 2 aromatic carbocycles. The van der Waals surface area contributed by atoms with Crippen molar-refractivity contribution >= 4 is 72.4 Å². The summed E-state index contributed by atoms with van der Waals surface area (Å²) in [5.74, 6) is 2.56. The van der Waals surface area contributed by atoms with Crippen molar-refractivity contribution in [1.82, 2.24) is 4.90 Å². The number of imide groups is 1. The maximum absolute atomic E-state index is 12.3. The lowest BCUT2D eigenvalue weighted by atomic mass is 10.2. The first-order valence-electron chi connectivity index (χ1n) is 7.94. The number of nitrogens with zero attached hydrogens (tertiary/aromatic N) is 1. The van der Waals surface area contributed by atoms with E-state index in [4.69, 9.17) is 22.8 Å². The average Bonchev–Trinajstić information content (AvgIpc) is 2.90. The first-order chi connectivity index (χ1) is 13.4. The van der Waals surface area contributed by atoms with Crippen LogP contribution < -0.4 is 4.74 Å². The van der Waals surface area contributed by atoms with Crippen LogP contribution in [0.25, 0.3) is 6.08 Å². The fraction of sp³-hybridized carbons (Fsp3) is 0.100. The van der Waals surface area contributed by atoms with Crippen LogP contribution >= 0.6 is 55.2 Å². The van der Waals surface area contributed by atoms with Crippen molar-refractivity contribution < 1.29 is 14.3 Å². The highest BCUT2D eigenvalue weighted by molar-refractivity contribution is 9.11. The van der Waals surface area contributed by atoms with Gasteiger partial charge in [0, 0.05) is 5.02 Å². The van der Waals surface area contributed by atoms with Crippen LogP contribution in [0.5, 0.6) is 5.75 Å². The van der Waals surface area contributed by atoms with E-state index in [2.05, 4.69) is 37.8 Å². The van der Waals surface area contributed by atoms with E-state index in [1.807, 2.05) is 24.3 Å². The van der Waals surface area contributed by atoms with Crippen LogP contribution in [-0.4, -0.2) is 22.6 Å². The van der Waals surface area contributed by atoms with Crippen molar-refractivity contribution in [2.75, 3.05) is 6.54 Å². The molecule has 4 nitrogen and oxygen atoms in total. The van der Waals surface area contributed by atoms with Crippen LogP contribution in [0.2, 0.25) is 5.02 Å². The van der Waals surface area contributed by atoms with Crippen molar-refractivity contribution in [3.63, 3.8) is 0 Å². The van der Waals surface area contributed by atoms with E-state index < -0.39 is 0 Å². The summed E-state index contributed by atoms with van der Waals surface area (Å²) < 4.78 is 7.32. The molecule has 28 heavy (non-hydrogen) atoms. The second-order valence-electron chi connectivity index (χ2n) is 5.70. The predicted octanol–water partition coefficient (Wildman–Crippen LogP) is 6.11. The Morgan fingerprint density at radius 1 is 1.18 bits per heavy atom. The van der Waals surface area contributed by atoms with Crippen molar-refractivity contribution in [3.8, 4) is 18.1 Å². The lowest BCUT2D eigenvalue weighted by Crippen LogP contribution is -2.28. The van der Waals surface area contributed by atoms with Crippen LogP contribution in [0.1, 0.15) is 11.1 Å². The van der Waals surface area contributed by atoms with E-state index in [0.29, 0.717) is 31.2 Å². The summed E-state index contributed by atoms with van der Waals surface area (Å²) in [6.45, 7) is 0.339. The largest absolute Gasteiger partial charge is 0.487 e. The van der Waals surface area contributed by atoms with Gasteiger partial charge in [0.25, 0.3) is 11.1 Å². The molecule has 2 amide bonds. The molecule has 0 saturated carbocycles. The molecule has 0 bridgehead atoms. The summed E-state index contributed by atoms with van der Waals surface area (Å²) >= 11 is 13.8. The SMILES string of the molecule is C#CCN1C(=O)S/C(=C/c2cc(Br)c(OCc3ccc(Cl)cc3)c(Br)c2)C1=O. The van der Waals surface area contributed by atoms with Crippen molar-refractivity contribution in [2.45, 2.75) is 6.61 Å². The number of rotatable bonds is 5. The molecule has 0 aliphatic carbocycles. The van der Waals surface area contributed by atoms with Gasteiger partial charge in [-0.1, -0.05) is 29.7 Å². The zero-order chi connectivity index (χ0) is 20.3. The second kappa shape index (κ2) is 9.19. The van der Waals surface area contributed by atoms with Gasteiger partial charge in [0.1, 0.15) is 12.4 Å². The van der Waals surface area contributed by atoms with E-state index >= 15 is 0 Å². The Morgan fingerprint density at radius 2 is 1.82 bits per heavy atom. The maximum atomic E-state index is 12.3. The number of hydrogen-bond donors (Lipinski definition) is 0. The summed E-state index contributed by atoms with van der Waals surface area (Å²) in [6.07, 6.45) is 6.86. The van der Waals surface area contributed by atoms with Gasteiger partial charge in [0.15, 0.2) is 0 Å². The average molecular weight is 542 g/mol. The smallest absolute Gasteiger partial charge is 0.294 e. The Hall–Kier alpha value is -1.72. The zero-order valence-corrected chi connectivity index (χ0v) is 19.0. The van der Waals surface area contributed by atoms with Gasteiger partial charge in [-0.25, -0.2) is 0 Å². The second-order valence-corrected chi connectivity index (χ2v) is 8.84. The first kappa shape index (κ1) is 21.0. The standard InChI is InChI=1S/C20H12Br2ClNO3S/c1-2-7-24-19(25)17(28-20(24)26)10-13-8-15(21)18(16(22)9-13)27-11-12-3-5-14(23)6-4-12/h1,3-6,8-10H,7,11H2/b17-10+. The molecule has 0 radical (unpaired) electrons. The first-order valence-corrected chi connectivity index (χ1v) is 10.7. The molecule has 0 spiro atoms. The Labute approximate surface area is 188 Å². The van der Waals surface area contributed by atoms with Gasteiger partial charge in [-0.3, -0.25) is 14.5 Å². The molecule has 1 saturated heterocycles.